The van der Waals surface area contributed by atoms with Gasteiger partial charge < -0.3 is 9.15 Å². The number of hydrogen-bond acceptors (Lipinski definition) is 7. The first kappa shape index (κ1) is 21.4. The maximum atomic E-state index is 13.2. The summed E-state index contributed by atoms with van der Waals surface area (Å²) in [5.41, 5.74) is 2.78. The van der Waals surface area contributed by atoms with Crippen LogP contribution in [0.1, 0.15) is 11.5 Å². The largest absolute Gasteiger partial charge is 0.497 e. The number of ether oxygens (including phenoxy) is 1. The van der Waals surface area contributed by atoms with E-state index in [4.69, 9.17) is 14.1 Å². The number of rotatable bonds is 8. The number of thioether (sulfide) groups is 1. The highest BCUT2D eigenvalue weighted by molar-refractivity contribution is 7.98. The number of methoxy groups -OCH3 is 1. The summed E-state index contributed by atoms with van der Waals surface area (Å²) in [5.74, 6) is 2.73. The van der Waals surface area contributed by atoms with Gasteiger partial charge in [0.25, 0.3) is 0 Å². The first-order chi connectivity index (χ1) is 16.2. The predicted molar refractivity (Wildman–Crippen MR) is 127 cm³/mol. The number of furan rings is 1. The number of halogens is 1. The van der Waals surface area contributed by atoms with Crippen molar-refractivity contribution >= 4 is 23.1 Å². The molecule has 0 saturated carbocycles. The highest BCUT2D eigenvalue weighted by Crippen LogP contribution is 2.30. The summed E-state index contributed by atoms with van der Waals surface area (Å²) in [4.78, 5) is 4.70. The Balaban J connectivity index is 1.38. The van der Waals surface area contributed by atoms with Crippen LogP contribution in [0.25, 0.3) is 22.0 Å². The van der Waals surface area contributed by atoms with Crippen LogP contribution >= 0.6 is 23.1 Å². The van der Waals surface area contributed by atoms with Crippen LogP contribution in [0.4, 0.5) is 4.39 Å². The molecule has 5 aromatic rings. The molecular weight excluding hydrogens is 459 g/mol. The molecule has 0 bridgehead atoms. The standard InChI is InChI=1S/C24H19FN4O2S2/c1-30-20-10-6-16(7-11-20)22-27-28-24(29(22)13-21-3-2-12-31-21)33-15-19-14-32-23(26-19)17-4-8-18(25)9-5-17/h2-12,14H,13,15H2,1H3. The van der Waals surface area contributed by atoms with Gasteiger partial charge in [0.15, 0.2) is 11.0 Å². The molecule has 0 N–H and O–H groups in total. The SMILES string of the molecule is COc1ccc(-c2nnc(SCc3csc(-c4ccc(F)cc4)n3)n2Cc2ccco2)cc1. The number of aromatic nitrogens is 4. The van der Waals surface area contributed by atoms with Crippen LogP contribution in [0.5, 0.6) is 5.75 Å². The monoisotopic (exact) mass is 478 g/mol. The molecule has 3 aromatic heterocycles. The zero-order chi connectivity index (χ0) is 22.6. The first-order valence-corrected chi connectivity index (χ1v) is 12.0. The predicted octanol–water partition coefficient (Wildman–Crippen LogP) is 6.15. The smallest absolute Gasteiger partial charge is 0.192 e. The molecule has 166 valence electrons. The third-order valence-corrected chi connectivity index (χ3v) is 6.89. The maximum Gasteiger partial charge on any atom is 0.192 e. The molecule has 0 radical (unpaired) electrons. The first-order valence-electron chi connectivity index (χ1n) is 10.1. The van der Waals surface area contributed by atoms with E-state index in [0.717, 1.165) is 44.3 Å². The van der Waals surface area contributed by atoms with Gasteiger partial charge in [-0.25, -0.2) is 9.37 Å². The summed E-state index contributed by atoms with van der Waals surface area (Å²) in [7, 11) is 1.64. The average molecular weight is 479 g/mol. The second-order valence-corrected chi connectivity index (χ2v) is 8.94. The molecule has 0 saturated heterocycles. The molecular formula is C24H19FN4O2S2. The Morgan fingerprint density at radius 3 is 2.55 bits per heavy atom. The zero-order valence-electron chi connectivity index (χ0n) is 17.6. The van der Waals surface area contributed by atoms with Crippen molar-refractivity contribution in [2.75, 3.05) is 7.11 Å². The van der Waals surface area contributed by atoms with Crippen LogP contribution in [0.15, 0.2) is 81.9 Å². The molecule has 0 amide bonds. The molecule has 0 aliphatic carbocycles. The number of hydrogen-bond donors (Lipinski definition) is 0. The van der Waals surface area contributed by atoms with Gasteiger partial charge in [-0.05, 0) is 60.7 Å². The molecule has 0 fully saturated rings. The molecule has 0 spiro atoms. The summed E-state index contributed by atoms with van der Waals surface area (Å²) in [6, 6.07) is 17.9. The lowest BCUT2D eigenvalue weighted by Gasteiger charge is -2.09. The molecule has 6 nitrogen and oxygen atoms in total. The normalized spacial score (nSPS) is 11.1. The van der Waals surface area contributed by atoms with Crippen molar-refractivity contribution in [3.05, 3.63) is 89.6 Å². The van der Waals surface area contributed by atoms with E-state index in [9.17, 15) is 4.39 Å². The lowest BCUT2D eigenvalue weighted by atomic mass is 10.2. The van der Waals surface area contributed by atoms with Crippen LogP contribution in [0, 0.1) is 5.82 Å². The zero-order valence-corrected chi connectivity index (χ0v) is 19.3. The Kier molecular flexibility index (Phi) is 6.23. The van der Waals surface area contributed by atoms with Gasteiger partial charge in [-0.1, -0.05) is 11.8 Å². The van der Waals surface area contributed by atoms with Crippen LogP contribution in [0.2, 0.25) is 0 Å². The molecule has 0 aliphatic heterocycles. The van der Waals surface area contributed by atoms with Gasteiger partial charge in [-0.2, -0.15) is 0 Å². The fourth-order valence-electron chi connectivity index (χ4n) is 3.29. The van der Waals surface area contributed by atoms with Crippen molar-refractivity contribution in [3.8, 4) is 27.7 Å². The summed E-state index contributed by atoms with van der Waals surface area (Å²) in [6.45, 7) is 0.515. The van der Waals surface area contributed by atoms with Gasteiger partial charge in [0.05, 0.1) is 25.6 Å². The third kappa shape index (κ3) is 4.84. The van der Waals surface area contributed by atoms with Crippen LogP contribution in [-0.2, 0) is 12.3 Å². The van der Waals surface area contributed by atoms with Crippen molar-refractivity contribution in [2.24, 2.45) is 0 Å². The Bertz CT molecular complexity index is 1330. The molecule has 5 rings (SSSR count). The molecule has 3 heterocycles. The highest BCUT2D eigenvalue weighted by Gasteiger charge is 2.17. The van der Waals surface area contributed by atoms with Crippen LogP contribution in [0.3, 0.4) is 0 Å². The van der Waals surface area contributed by atoms with E-state index in [1.54, 1.807) is 48.6 Å². The fourth-order valence-corrected chi connectivity index (χ4v) is 5.05. The van der Waals surface area contributed by atoms with Gasteiger partial charge in [0.1, 0.15) is 22.3 Å². The number of nitrogens with zero attached hydrogens (tertiary/aromatic N) is 4. The summed E-state index contributed by atoms with van der Waals surface area (Å²) in [5, 5.41) is 12.5. The van der Waals surface area contributed by atoms with E-state index in [0.29, 0.717) is 12.3 Å². The van der Waals surface area contributed by atoms with Crippen LogP contribution < -0.4 is 4.74 Å². The second-order valence-electron chi connectivity index (χ2n) is 7.14. The van der Waals surface area contributed by atoms with Crippen molar-refractivity contribution in [2.45, 2.75) is 17.5 Å². The van der Waals surface area contributed by atoms with Crippen molar-refractivity contribution in [3.63, 3.8) is 0 Å². The topological polar surface area (TPSA) is 66.0 Å². The van der Waals surface area contributed by atoms with E-state index in [1.165, 1.54) is 12.1 Å². The fraction of sp³-hybridized carbons (Fsp3) is 0.125. The Labute approximate surface area is 198 Å². The second kappa shape index (κ2) is 9.60. The Morgan fingerprint density at radius 2 is 1.82 bits per heavy atom. The van der Waals surface area contributed by atoms with Crippen LogP contribution in [-0.4, -0.2) is 26.9 Å². The van der Waals surface area contributed by atoms with Gasteiger partial charge >= 0.3 is 0 Å². The van der Waals surface area contributed by atoms with Gasteiger partial charge in [0, 0.05) is 22.3 Å². The van der Waals surface area contributed by atoms with Crippen molar-refractivity contribution in [1.82, 2.24) is 19.7 Å². The lowest BCUT2D eigenvalue weighted by Crippen LogP contribution is -2.03. The number of thiazole rings is 1. The minimum absolute atomic E-state index is 0.255. The maximum absolute atomic E-state index is 13.2. The van der Waals surface area contributed by atoms with E-state index in [-0.39, 0.29) is 5.82 Å². The number of benzene rings is 2. The lowest BCUT2D eigenvalue weighted by molar-refractivity contribution is 0.415. The average Bonchev–Trinajstić information content (AvgIpc) is 3.61. The van der Waals surface area contributed by atoms with Gasteiger partial charge in [-0.15, -0.1) is 21.5 Å². The van der Waals surface area contributed by atoms with E-state index in [1.807, 2.05) is 46.3 Å². The quantitative estimate of drug-likeness (QED) is 0.249. The minimum atomic E-state index is -0.255. The van der Waals surface area contributed by atoms with Gasteiger partial charge in [0.2, 0.25) is 0 Å². The molecule has 2 aromatic carbocycles. The molecule has 0 unspecified atom stereocenters. The summed E-state index contributed by atoms with van der Waals surface area (Å²) in [6.07, 6.45) is 1.66. The Morgan fingerprint density at radius 1 is 1.03 bits per heavy atom. The third-order valence-electron chi connectivity index (χ3n) is 4.95. The summed E-state index contributed by atoms with van der Waals surface area (Å²) < 4.78 is 26.1. The molecule has 0 atom stereocenters. The molecule has 0 aliphatic rings. The minimum Gasteiger partial charge on any atom is -0.497 e. The molecule has 33 heavy (non-hydrogen) atoms. The van der Waals surface area contributed by atoms with Gasteiger partial charge in [-0.3, -0.25) is 4.57 Å². The molecule has 9 heteroatoms. The van der Waals surface area contributed by atoms with Crippen molar-refractivity contribution in [1.29, 1.82) is 0 Å². The summed E-state index contributed by atoms with van der Waals surface area (Å²) >= 11 is 3.10. The van der Waals surface area contributed by atoms with E-state index in [2.05, 4.69) is 10.2 Å². The van der Waals surface area contributed by atoms with E-state index >= 15 is 0 Å². The van der Waals surface area contributed by atoms with E-state index < -0.39 is 0 Å². The highest BCUT2D eigenvalue weighted by atomic mass is 32.2. The Hall–Kier alpha value is -3.43. The van der Waals surface area contributed by atoms with Crippen molar-refractivity contribution < 1.29 is 13.5 Å².